The molecule has 1 aromatic carbocycles. The van der Waals surface area contributed by atoms with Crippen molar-refractivity contribution in [3.63, 3.8) is 0 Å². The summed E-state index contributed by atoms with van der Waals surface area (Å²) in [6, 6.07) is 4.94. The van der Waals surface area contributed by atoms with Gasteiger partial charge in [-0.15, -0.1) is 0 Å². The molecule has 2 N–H and O–H groups in total. The first-order chi connectivity index (χ1) is 7.54. The molecule has 0 spiro atoms. The third-order valence-corrected chi connectivity index (χ3v) is 3.10. The van der Waals surface area contributed by atoms with Gasteiger partial charge in [-0.05, 0) is 42.9 Å². The first-order valence-electron chi connectivity index (χ1n) is 5.67. The summed E-state index contributed by atoms with van der Waals surface area (Å²) >= 11 is 5.92. The maximum absolute atomic E-state index is 13.2. The second kappa shape index (κ2) is 6.21. The van der Waals surface area contributed by atoms with Gasteiger partial charge in [0, 0.05) is 0 Å². The lowest BCUT2D eigenvalue weighted by atomic mass is 9.91. The zero-order chi connectivity index (χ0) is 12.1. The van der Waals surface area contributed by atoms with Crippen LogP contribution in [0.15, 0.2) is 18.2 Å². The van der Waals surface area contributed by atoms with E-state index in [1.165, 1.54) is 6.07 Å². The van der Waals surface area contributed by atoms with Crippen LogP contribution in [0.1, 0.15) is 25.8 Å². The number of benzene rings is 1. The van der Waals surface area contributed by atoms with E-state index in [-0.39, 0.29) is 10.8 Å². The first-order valence-corrected chi connectivity index (χ1v) is 6.05. The van der Waals surface area contributed by atoms with E-state index in [1.54, 1.807) is 6.07 Å². The van der Waals surface area contributed by atoms with Crippen molar-refractivity contribution in [2.45, 2.75) is 26.7 Å². The Labute approximate surface area is 102 Å². The van der Waals surface area contributed by atoms with Gasteiger partial charge in [-0.2, -0.15) is 0 Å². The minimum absolute atomic E-state index is 0.240. The molecule has 1 atom stereocenters. The number of hydrogen-bond acceptors (Lipinski definition) is 1. The Kier molecular flexibility index (Phi) is 5.23. The third-order valence-electron chi connectivity index (χ3n) is 2.68. The predicted octanol–water partition coefficient (Wildman–Crippen LogP) is 3.64. The molecule has 0 aromatic heterocycles. The molecule has 1 rings (SSSR count). The smallest absolute Gasteiger partial charge is 0.142 e. The zero-order valence-corrected chi connectivity index (χ0v) is 10.6. The standard InChI is InChI=1S/C13H19ClFN/c1-9(2)6-10(8-16)7-11-4-3-5-12(15)13(11)14/h3-5,9-10H,6-8,16H2,1-2H3. The van der Waals surface area contributed by atoms with E-state index in [4.69, 9.17) is 17.3 Å². The summed E-state index contributed by atoms with van der Waals surface area (Å²) in [5, 5.41) is 0.240. The van der Waals surface area contributed by atoms with E-state index < -0.39 is 0 Å². The molecule has 0 fully saturated rings. The fourth-order valence-electron chi connectivity index (χ4n) is 1.95. The van der Waals surface area contributed by atoms with Crippen LogP contribution in [-0.2, 0) is 6.42 Å². The Hall–Kier alpha value is -0.600. The van der Waals surface area contributed by atoms with Crippen molar-refractivity contribution < 1.29 is 4.39 Å². The van der Waals surface area contributed by atoms with E-state index in [1.807, 2.05) is 6.07 Å². The van der Waals surface area contributed by atoms with Crippen molar-refractivity contribution in [2.24, 2.45) is 17.6 Å². The van der Waals surface area contributed by atoms with Crippen LogP contribution in [0.4, 0.5) is 4.39 Å². The van der Waals surface area contributed by atoms with Gasteiger partial charge >= 0.3 is 0 Å². The van der Waals surface area contributed by atoms with Gasteiger partial charge in [-0.1, -0.05) is 37.6 Å². The molecule has 0 heterocycles. The van der Waals surface area contributed by atoms with Crippen LogP contribution in [0.3, 0.4) is 0 Å². The Bertz CT molecular complexity index is 339. The monoisotopic (exact) mass is 243 g/mol. The normalized spacial score (nSPS) is 13.1. The topological polar surface area (TPSA) is 26.0 Å². The molecule has 0 saturated heterocycles. The van der Waals surface area contributed by atoms with Crippen LogP contribution in [0, 0.1) is 17.7 Å². The predicted molar refractivity (Wildman–Crippen MR) is 67.1 cm³/mol. The highest BCUT2D eigenvalue weighted by Crippen LogP contribution is 2.24. The van der Waals surface area contributed by atoms with Gasteiger partial charge in [0.1, 0.15) is 5.82 Å². The van der Waals surface area contributed by atoms with E-state index in [9.17, 15) is 4.39 Å². The Morgan fingerprint density at radius 1 is 1.38 bits per heavy atom. The lowest BCUT2D eigenvalue weighted by Gasteiger charge is -2.17. The summed E-state index contributed by atoms with van der Waals surface area (Å²) in [5.41, 5.74) is 6.58. The molecule has 0 bridgehead atoms. The molecule has 90 valence electrons. The van der Waals surface area contributed by atoms with Crippen molar-refractivity contribution in [1.29, 1.82) is 0 Å². The van der Waals surface area contributed by atoms with Crippen molar-refractivity contribution in [1.82, 2.24) is 0 Å². The Morgan fingerprint density at radius 3 is 2.62 bits per heavy atom. The van der Waals surface area contributed by atoms with Crippen LogP contribution in [0.2, 0.25) is 5.02 Å². The summed E-state index contributed by atoms with van der Waals surface area (Å²) in [4.78, 5) is 0. The number of nitrogens with two attached hydrogens (primary N) is 1. The molecule has 0 amide bonds. The van der Waals surface area contributed by atoms with Gasteiger partial charge in [-0.25, -0.2) is 4.39 Å². The van der Waals surface area contributed by atoms with Crippen LogP contribution in [-0.4, -0.2) is 6.54 Å². The molecule has 3 heteroatoms. The summed E-state index contributed by atoms with van der Waals surface area (Å²) < 4.78 is 13.2. The third kappa shape index (κ3) is 3.76. The molecular formula is C13H19ClFN. The SMILES string of the molecule is CC(C)CC(CN)Cc1cccc(F)c1Cl. The molecule has 16 heavy (non-hydrogen) atoms. The Morgan fingerprint density at radius 2 is 2.06 bits per heavy atom. The molecule has 1 nitrogen and oxygen atoms in total. The average Bonchev–Trinajstić information content (AvgIpc) is 2.23. The van der Waals surface area contributed by atoms with Crippen molar-refractivity contribution in [3.8, 4) is 0 Å². The molecule has 0 aliphatic heterocycles. The zero-order valence-electron chi connectivity index (χ0n) is 9.84. The van der Waals surface area contributed by atoms with Gasteiger partial charge in [0.15, 0.2) is 0 Å². The summed E-state index contributed by atoms with van der Waals surface area (Å²) in [5.74, 6) is 0.625. The fraction of sp³-hybridized carbons (Fsp3) is 0.538. The van der Waals surface area contributed by atoms with Gasteiger partial charge in [0.2, 0.25) is 0 Å². The highest BCUT2D eigenvalue weighted by atomic mass is 35.5. The quantitative estimate of drug-likeness (QED) is 0.840. The van der Waals surface area contributed by atoms with Crippen molar-refractivity contribution in [2.75, 3.05) is 6.54 Å². The van der Waals surface area contributed by atoms with Crippen LogP contribution in [0.5, 0.6) is 0 Å². The highest BCUT2D eigenvalue weighted by Gasteiger charge is 2.13. The van der Waals surface area contributed by atoms with Crippen molar-refractivity contribution >= 4 is 11.6 Å². The molecule has 0 aliphatic carbocycles. The number of rotatable bonds is 5. The second-order valence-corrected chi connectivity index (χ2v) is 5.03. The van der Waals surface area contributed by atoms with Gasteiger partial charge in [0.25, 0.3) is 0 Å². The summed E-state index contributed by atoms with van der Waals surface area (Å²) in [7, 11) is 0. The molecule has 1 aromatic rings. The maximum Gasteiger partial charge on any atom is 0.142 e. The summed E-state index contributed by atoms with van der Waals surface area (Å²) in [6.45, 7) is 4.94. The lowest BCUT2D eigenvalue weighted by molar-refractivity contribution is 0.414. The lowest BCUT2D eigenvalue weighted by Crippen LogP contribution is -2.19. The minimum atomic E-state index is -0.348. The number of hydrogen-bond donors (Lipinski definition) is 1. The van der Waals surface area contributed by atoms with Crippen molar-refractivity contribution in [3.05, 3.63) is 34.6 Å². The van der Waals surface area contributed by atoms with E-state index in [2.05, 4.69) is 13.8 Å². The number of halogens is 2. The van der Waals surface area contributed by atoms with Crippen LogP contribution < -0.4 is 5.73 Å². The fourth-order valence-corrected chi connectivity index (χ4v) is 2.15. The van der Waals surface area contributed by atoms with Crippen LogP contribution in [0.25, 0.3) is 0 Å². The van der Waals surface area contributed by atoms with Crippen LogP contribution >= 0.6 is 11.6 Å². The van der Waals surface area contributed by atoms with E-state index in [0.717, 1.165) is 18.4 Å². The molecule has 0 saturated carbocycles. The first kappa shape index (κ1) is 13.5. The van der Waals surface area contributed by atoms with E-state index in [0.29, 0.717) is 18.4 Å². The Balaban J connectivity index is 2.74. The average molecular weight is 244 g/mol. The van der Waals surface area contributed by atoms with E-state index >= 15 is 0 Å². The minimum Gasteiger partial charge on any atom is -0.330 e. The molecule has 1 unspecified atom stereocenters. The second-order valence-electron chi connectivity index (χ2n) is 4.65. The highest BCUT2D eigenvalue weighted by molar-refractivity contribution is 6.31. The van der Waals surface area contributed by atoms with Gasteiger partial charge < -0.3 is 5.73 Å². The largest absolute Gasteiger partial charge is 0.330 e. The maximum atomic E-state index is 13.2. The van der Waals surface area contributed by atoms with Gasteiger partial charge in [-0.3, -0.25) is 0 Å². The molecule has 0 aliphatic rings. The molecule has 0 radical (unpaired) electrons. The van der Waals surface area contributed by atoms with Gasteiger partial charge in [0.05, 0.1) is 5.02 Å². The molecular weight excluding hydrogens is 225 g/mol. The summed E-state index contributed by atoms with van der Waals surface area (Å²) in [6.07, 6.45) is 1.80.